The van der Waals surface area contributed by atoms with Crippen LogP contribution in [0.4, 0.5) is 0 Å². The Morgan fingerprint density at radius 2 is 1.20 bits per heavy atom. The summed E-state index contributed by atoms with van der Waals surface area (Å²) in [6.45, 7) is 5.24. The Morgan fingerprint density at radius 1 is 0.743 bits per heavy atom. The van der Waals surface area contributed by atoms with Crippen LogP contribution in [0.3, 0.4) is 0 Å². The Balaban J connectivity index is 3.58. The average molecular weight is 520 g/mol. The van der Waals surface area contributed by atoms with Crippen LogP contribution in [0.15, 0.2) is 0 Å². The maximum absolute atomic E-state index is 11.4. The molecule has 0 bridgehead atoms. The van der Waals surface area contributed by atoms with Gasteiger partial charge >= 0.3 is 14.6 Å². The molecule has 0 amide bonds. The van der Waals surface area contributed by atoms with Gasteiger partial charge in [0, 0.05) is 6.92 Å². The van der Waals surface area contributed by atoms with Crippen molar-refractivity contribution in [1.29, 1.82) is 0 Å². The average Bonchev–Trinajstić information content (AvgIpc) is 2.81. The fraction of sp³-hybridized carbons (Fsp3) is 0.964. The van der Waals surface area contributed by atoms with Gasteiger partial charge in [0.25, 0.3) is 0 Å². The molecule has 2 atom stereocenters. The molecular formula is C28H58NO5P. The summed E-state index contributed by atoms with van der Waals surface area (Å²) in [7, 11) is 2.08. The van der Waals surface area contributed by atoms with Crippen LogP contribution in [0.2, 0.25) is 0 Å². The highest BCUT2D eigenvalue weighted by atomic mass is 31.2. The van der Waals surface area contributed by atoms with Crippen molar-refractivity contribution < 1.29 is 23.5 Å². The van der Waals surface area contributed by atoms with Crippen LogP contribution in [-0.2, 0) is 18.6 Å². The largest absolute Gasteiger partial charge is 0.460 e. The maximum atomic E-state index is 11.4. The molecule has 0 aromatic carbocycles. The quantitative estimate of drug-likeness (QED) is 0.0671. The van der Waals surface area contributed by atoms with Crippen LogP contribution in [-0.4, -0.2) is 55.7 Å². The Kier molecular flexibility index (Phi) is 26.6. The minimum atomic E-state index is -1.92. The molecular weight excluding hydrogens is 461 g/mol. The summed E-state index contributed by atoms with van der Waals surface area (Å²) in [6.07, 6.45) is 24.1. The van der Waals surface area contributed by atoms with Crippen molar-refractivity contribution >= 4 is 14.6 Å². The van der Waals surface area contributed by atoms with E-state index in [0.717, 1.165) is 32.2 Å². The number of hydrogen-bond donors (Lipinski definition) is 1. The molecule has 0 radical (unpaired) electrons. The van der Waals surface area contributed by atoms with Gasteiger partial charge in [-0.1, -0.05) is 110 Å². The summed E-state index contributed by atoms with van der Waals surface area (Å²) in [5.74, 6) is -0.306. The summed E-state index contributed by atoms with van der Waals surface area (Å²) in [5.41, 5.74) is 0. The number of rotatable bonds is 27. The fourth-order valence-corrected chi connectivity index (χ4v) is 4.87. The highest BCUT2D eigenvalue weighted by Crippen LogP contribution is 2.33. The molecule has 35 heavy (non-hydrogen) atoms. The molecule has 0 saturated carbocycles. The zero-order valence-corrected chi connectivity index (χ0v) is 24.5. The van der Waals surface area contributed by atoms with Crippen LogP contribution in [0, 0.1) is 0 Å². The fourth-order valence-electron chi connectivity index (χ4n) is 4.22. The van der Waals surface area contributed by atoms with Crippen LogP contribution >= 0.6 is 8.60 Å². The molecule has 0 aliphatic heterocycles. The van der Waals surface area contributed by atoms with Crippen molar-refractivity contribution in [1.82, 2.24) is 4.90 Å². The van der Waals surface area contributed by atoms with E-state index in [4.69, 9.17) is 13.8 Å². The van der Waals surface area contributed by atoms with Crippen LogP contribution in [0.25, 0.3) is 0 Å². The van der Waals surface area contributed by atoms with E-state index >= 15 is 0 Å². The smallest absolute Gasteiger partial charge is 0.329 e. The topological polar surface area (TPSA) is 68.2 Å². The molecule has 0 saturated heterocycles. The van der Waals surface area contributed by atoms with Gasteiger partial charge < -0.3 is 23.6 Å². The number of carbonyl (C=O) groups excluding carboxylic acids is 1. The minimum Gasteiger partial charge on any atom is -0.460 e. The standard InChI is InChI=1S/C28H58NO5P/c1-5-6-7-8-9-10-11-12-13-14-15-16-17-18-19-20-21-23-28(34-27(2)30)26-33-35(31)32-25-22-24-29(3)4/h28,31H,5-26H2,1-4H3. The van der Waals surface area contributed by atoms with Gasteiger partial charge in [-0.15, -0.1) is 0 Å². The van der Waals surface area contributed by atoms with Crippen molar-refractivity contribution in [2.75, 3.05) is 33.9 Å². The molecule has 0 rings (SSSR count). The van der Waals surface area contributed by atoms with Crippen LogP contribution in [0.1, 0.15) is 136 Å². The Morgan fingerprint density at radius 3 is 1.63 bits per heavy atom. The summed E-state index contributed by atoms with van der Waals surface area (Å²) in [6, 6.07) is 0. The number of carbonyl (C=O) groups is 1. The number of hydrogen-bond acceptors (Lipinski definition) is 6. The summed E-state index contributed by atoms with van der Waals surface area (Å²) < 4.78 is 16.1. The molecule has 1 N–H and O–H groups in total. The predicted molar refractivity (Wildman–Crippen MR) is 149 cm³/mol. The lowest BCUT2D eigenvalue weighted by atomic mass is 10.0. The predicted octanol–water partition coefficient (Wildman–Crippen LogP) is 8.16. The second kappa shape index (κ2) is 26.8. The third-order valence-electron chi connectivity index (χ3n) is 6.28. The van der Waals surface area contributed by atoms with E-state index in [1.165, 1.54) is 103 Å². The van der Waals surface area contributed by atoms with Crippen LogP contribution in [0.5, 0.6) is 0 Å². The first kappa shape index (κ1) is 34.7. The monoisotopic (exact) mass is 519 g/mol. The van der Waals surface area contributed by atoms with Crippen molar-refractivity contribution in [2.24, 2.45) is 0 Å². The summed E-state index contributed by atoms with van der Waals surface area (Å²) in [4.78, 5) is 23.3. The number of esters is 1. The molecule has 6 nitrogen and oxygen atoms in total. The molecule has 0 aliphatic carbocycles. The Bertz CT molecular complexity index is 453. The summed E-state index contributed by atoms with van der Waals surface area (Å²) >= 11 is 0. The third-order valence-corrected chi connectivity index (χ3v) is 7.06. The molecule has 0 heterocycles. The van der Waals surface area contributed by atoms with Crippen LogP contribution < -0.4 is 0 Å². The van der Waals surface area contributed by atoms with Crippen molar-refractivity contribution in [3.05, 3.63) is 0 Å². The first-order chi connectivity index (χ1) is 17.0. The van der Waals surface area contributed by atoms with Gasteiger partial charge in [0.15, 0.2) is 0 Å². The first-order valence-electron chi connectivity index (χ1n) is 14.5. The maximum Gasteiger partial charge on any atom is 0.329 e. The minimum absolute atomic E-state index is 0.189. The normalized spacial score (nSPS) is 13.3. The van der Waals surface area contributed by atoms with Gasteiger partial charge in [-0.3, -0.25) is 4.79 Å². The Labute approximate surface area is 218 Å². The molecule has 210 valence electrons. The molecule has 0 aromatic rings. The van der Waals surface area contributed by atoms with Gasteiger partial charge in [0.05, 0.1) is 13.2 Å². The lowest BCUT2D eigenvalue weighted by Crippen LogP contribution is -2.21. The second-order valence-electron chi connectivity index (χ2n) is 10.2. The van der Waals surface area contributed by atoms with E-state index < -0.39 is 8.60 Å². The highest BCUT2D eigenvalue weighted by Gasteiger charge is 2.16. The lowest BCUT2D eigenvalue weighted by Gasteiger charge is -2.19. The number of ether oxygens (including phenoxy) is 1. The Hall–Kier alpha value is -0.260. The number of nitrogens with zero attached hydrogens (tertiary/aromatic N) is 1. The third kappa shape index (κ3) is 28.2. The summed E-state index contributed by atoms with van der Waals surface area (Å²) in [5, 5.41) is 0. The molecule has 0 aromatic heterocycles. The van der Waals surface area contributed by atoms with Crippen molar-refractivity contribution in [2.45, 2.75) is 142 Å². The van der Waals surface area contributed by atoms with Gasteiger partial charge in [-0.25, -0.2) is 0 Å². The van der Waals surface area contributed by atoms with Crippen molar-refractivity contribution in [3.8, 4) is 0 Å². The molecule has 2 unspecified atom stereocenters. The zero-order chi connectivity index (χ0) is 26.0. The van der Waals surface area contributed by atoms with E-state index in [-0.39, 0.29) is 18.7 Å². The molecule has 0 aliphatic rings. The molecule has 0 spiro atoms. The molecule has 7 heteroatoms. The van der Waals surface area contributed by atoms with Crippen molar-refractivity contribution in [3.63, 3.8) is 0 Å². The highest BCUT2D eigenvalue weighted by molar-refractivity contribution is 7.40. The first-order valence-corrected chi connectivity index (χ1v) is 15.7. The van der Waals surface area contributed by atoms with E-state index in [0.29, 0.717) is 6.61 Å². The van der Waals surface area contributed by atoms with E-state index in [2.05, 4.69) is 11.8 Å². The number of unbranched alkanes of at least 4 members (excludes halogenated alkanes) is 16. The van der Waals surface area contributed by atoms with E-state index in [1.54, 1.807) is 0 Å². The van der Waals surface area contributed by atoms with E-state index in [1.807, 2.05) is 14.1 Å². The van der Waals surface area contributed by atoms with Gasteiger partial charge in [0.1, 0.15) is 6.10 Å². The van der Waals surface area contributed by atoms with Gasteiger partial charge in [-0.05, 0) is 39.9 Å². The molecule has 0 fully saturated rings. The SMILES string of the molecule is CCCCCCCCCCCCCCCCCCCC(COP(O)OCCCN(C)C)OC(C)=O. The van der Waals surface area contributed by atoms with E-state index in [9.17, 15) is 9.69 Å². The lowest BCUT2D eigenvalue weighted by molar-refractivity contribution is -0.148. The van der Waals surface area contributed by atoms with Gasteiger partial charge in [0.2, 0.25) is 0 Å². The zero-order valence-electron chi connectivity index (χ0n) is 23.6. The second-order valence-corrected chi connectivity index (χ2v) is 11.2. The van der Waals surface area contributed by atoms with Gasteiger partial charge in [-0.2, -0.15) is 0 Å².